The second-order valence-electron chi connectivity index (χ2n) is 14.8. The van der Waals surface area contributed by atoms with Crippen molar-refractivity contribution in [3.63, 3.8) is 0 Å². The number of nitrogens with one attached hydrogen (secondary N) is 4. The molecule has 5 rings (SSSR count). The minimum atomic E-state index is -1.51. The van der Waals surface area contributed by atoms with E-state index in [4.69, 9.17) is 16.3 Å². The van der Waals surface area contributed by atoms with Gasteiger partial charge in [0.05, 0.1) is 6.04 Å². The van der Waals surface area contributed by atoms with Crippen LogP contribution in [0.25, 0.3) is 0 Å². The van der Waals surface area contributed by atoms with E-state index >= 15 is 0 Å². The molecule has 1 aromatic carbocycles. The minimum absolute atomic E-state index is 0.0389. The number of halogens is 1. The normalized spacial score (nSPS) is 26.1. The molecule has 5 N–H and O–H groups in total. The maximum atomic E-state index is 13.9. The van der Waals surface area contributed by atoms with Crippen molar-refractivity contribution < 1.29 is 29.0 Å². The molecule has 1 heterocycles. The molecule has 4 amide bonds. The van der Waals surface area contributed by atoms with E-state index in [2.05, 4.69) is 20.7 Å². The van der Waals surface area contributed by atoms with Crippen molar-refractivity contribution in [1.82, 2.24) is 20.7 Å². The number of aliphatic hydroxyl groups is 1. The largest absolute Gasteiger partial charge is 0.445 e. The van der Waals surface area contributed by atoms with E-state index in [0.29, 0.717) is 23.8 Å². The SMILES string of the molecule is CC1(C)CC(CC(NC(=O)[C@H](CC2CCCCC2)SNC(=O)OC2CCCC2Cc2cccc(Cl)c2)C(O)C(=O)NC2CC2)C(=O)N1. The zero-order valence-corrected chi connectivity index (χ0v) is 29.2. The maximum absolute atomic E-state index is 13.9. The van der Waals surface area contributed by atoms with Gasteiger partial charge in [-0.1, -0.05) is 55.8 Å². The van der Waals surface area contributed by atoms with Gasteiger partial charge in [-0.3, -0.25) is 19.1 Å². The van der Waals surface area contributed by atoms with Crippen LogP contribution >= 0.6 is 23.5 Å². The summed E-state index contributed by atoms with van der Waals surface area (Å²) in [4.78, 5) is 52.7. The molecule has 3 saturated carbocycles. The summed E-state index contributed by atoms with van der Waals surface area (Å²) in [7, 11) is 0. The van der Waals surface area contributed by atoms with E-state index in [-0.39, 0.29) is 36.3 Å². The number of hydrogen-bond donors (Lipinski definition) is 5. The van der Waals surface area contributed by atoms with E-state index in [1.807, 2.05) is 38.1 Å². The average Bonchev–Trinajstić information content (AvgIpc) is 3.67. The molecule has 260 valence electrons. The molecule has 0 bridgehead atoms. The molecule has 0 spiro atoms. The fraction of sp³-hybridized carbons (Fsp3) is 0.714. The second-order valence-corrected chi connectivity index (χ2v) is 16.2. The quantitative estimate of drug-likeness (QED) is 0.169. The molecule has 0 aromatic heterocycles. The van der Waals surface area contributed by atoms with Crippen LogP contribution in [-0.4, -0.2) is 64.0 Å². The lowest BCUT2D eigenvalue weighted by atomic mass is 9.85. The van der Waals surface area contributed by atoms with Crippen LogP contribution < -0.4 is 20.7 Å². The van der Waals surface area contributed by atoms with Gasteiger partial charge in [-0.25, -0.2) is 4.79 Å². The van der Waals surface area contributed by atoms with E-state index in [9.17, 15) is 24.3 Å². The van der Waals surface area contributed by atoms with Gasteiger partial charge in [0.15, 0.2) is 6.10 Å². The van der Waals surface area contributed by atoms with Crippen molar-refractivity contribution in [3.05, 3.63) is 34.9 Å². The van der Waals surface area contributed by atoms with E-state index in [0.717, 1.165) is 81.7 Å². The maximum Gasteiger partial charge on any atom is 0.417 e. The average molecular weight is 691 g/mol. The van der Waals surface area contributed by atoms with E-state index in [1.165, 1.54) is 6.42 Å². The Hall–Kier alpha value is -2.50. The van der Waals surface area contributed by atoms with Gasteiger partial charge in [-0.2, -0.15) is 0 Å². The first-order valence-electron chi connectivity index (χ1n) is 17.4. The van der Waals surface area contributed by atoms with Gasteiger partial charge >= 0.3 is 6.09 Å². The van der Waals surface area contributed by atoms with Crippen molar-refractivity contribution in [2.75, 3.05) is 0 Å². The lowest BCUT2D eigenvalue weighted by Gasteiger charge is -2.29. The lowest BCUT2D eigenvalue weighted by molar-refractivity contribution is -0.133. The topological polar surface area (TPSA) is 146 Å². The Labute approximate surface area is 287 Å². The molecule has 6 atom stereocenters. The van der Waals surface area contributed by atoms with Crippen LogP contribution in [0.4, 0.5) is 4.79 Å². The van der Waals surface area contributed by atoms with Gasteiger partial charge in [0.25, 0.3) is 5.91 Å². The molecule has 1 aliphatic heterocycles. The lowest BCUT2D eigenvalue weighted by Crippen LogP contribution is -2.54. The van der Waals surface area contributed by atoms with Crippen LogP contribution in [0.3, 0.4) is 0 Å². The Morgan fingerprint density at radius 1 is 1.04 bits per heavy atom. The first-order chi connectivity index (χ1) is 22.5. The van der Waals surface area contributed by atoms with Crippen LogP contribution in [0.15, 0.2) is 24.3 Å². The van der Waals surface area contributed by atoms with Crippen LogP contribution in [0, 0.1) is 17.8 Å². The van der Waals surface area contributed by atoms with E-state index in [1.54, 1.807) is 0 Å². The molecule has 1 aromatic rings. The van der Waals surface area contributed by atoms with Gasteiger partial charge in [-0.15, -0.1) is 0 Å². The zero-order chi connectivity index (χ0) is 33.6. The van der Waals surface area contributed by atoms with Crippen molar-refractivity contribution in [1.29, 1.82) is 0 Å². The molecule has 4 aliphatic rings. The number of ether oxygens (including phenoxy) is 1. The summed E-state index contributed by atoms with van der Waals surface area (Å²) in [5, 5.41) is 19.9. The summed E-state index contributed by atoms with van der Waals surface area (Å²) in [5.74, 6) is -1.01. The molecule has 47 heavy (non-hydrogen) atoms. The summed E-state index contributed by atoms with van der Waals surface area (Å²) in [5.41, 5.74) is 0.700. The fourth-order valence-corrected chi connectivity index (χ4v) is 8.55. The smallest absolute Gasteiger partial charge is 0.417 e. The van der Waals surface area contributed by atoms with Crippen LogP contribution in [-0.2, 0) is 25.5 Å². The van der Waals surface area contributed by atoms with E-state index < -0.39 is 40.9 Å². The highest BCUT2D eigenvalue weighted by Crippen LogP contribution is 2.34. The molecular weight excluding hydrogens is 640 g/mol. The van der Waals surface area contributed by atoms with Crippen molar-refractivity contribution in [3.8, 4) is 0 Å². The Morgan fingerprint density at radius 3 is 2.49 bits per heavy atom. The van der Waals surface area contributed by atoms with Gasteiger partial charge in [0.1, 0.15) is 11.4 Å². The van der Waals surface area contributed by atoms with Crippen LogP contribution in [0.1, 0.15) is 103 Å². The number of benzene rings is 1. The Bertz CT molecular complexity index is 1270. The molecule has 3 aliphatic carbocycles. The summed E-state index contributed by atoms with van der Waals surface area (Å²) in [6.45, 7) is 3.86. The monoisotopic (exact) mass is 690 g/mol. The number of amides is 4. The molecule has 0 radical (unpaired) electrons. The third kappa shape index (κ3) is 10.7. The third-order valence-electron chi connectivity index (χ3n) is 10.1. The van der Waals surface area contributed by atoms with Crippen molar-refractivity contribution in [2.45, 2.75) is 139 Å². The highest BCUT2D eigenvalue weighted by Gasteiger charge is 2.42. The second kappa shape index (κ2) is 16.3. The molecule has 12 heteroatoms. The summed E-state index contributed by atoms with van der Waals surface area (Å²) < 4.78 is 8.68. The Kier molecular flexibility index (Phi) is 12.4. The molecular formula is C35H51ClN4O6S. The molecule has 10 nitrogen and oxygen atoms in total. The Balaban J connectivity index is 1.22. The Morgan fingerprint density at radius 2 is 1.81 bits per heavy atom. The summed E-state index contributed by atoms with van der Waals surface area (Å²) in [6, 6.07) is 6.83. The first-order valence-corrected chi connectivity index (χ1v) is 18.7. The number of hydrogen-bond acceptors (Lipinski definition) is 7. The minimum Gasteiger partial charge on any atom is -0.445 e. The van der Waals surface area contributed by atoms with Gasteiger partial charge in [0.2, 0.25) is 11.8 Å². The number of rotatable bonds is 14. The number of aliphatic hydroxyl groups excluding tert-OH is 1. The zero-order valence-electron chi connectivity index (χ0n) is 27.6. The number of carbonyl (C=O) groups excluding carboxylic acids is 4. The summed E-state index contributed by atoms with van der Waals surface area (Å²) in [6.07, 6.45) is 9.49. The highest BCUT2D eigenvalue weighted by atomic mass is 35.5. The fourth-order valence-electron chi connectivity index (χ4n) is 7.50. The van der Waals surface area contributed by atoms with Crippen LogP contribution in [0.2, 0.25) is 5.02 Å². The molecule has 4 fully saturated rings. The highest BCUT2D eigenvalue weighted by molar-refractivity contribution is 7.99. The molecule has 1 saturated heterocycles. The third-order valence-corrected chi connectivity index (χ3v) is 11.3. The molecule has 5 unspecified atom stereocenters. The predicted octanol–water partition coefficient (Wildman–Crippen LogP) is 5.19. The van der Waals surface area contributed by atoms with Crippen LogP contribution in [0.5, 0.6) is 0 Å². The first kappa shape index (κ1) is 35.8. The van der Waals surface area contributed by atoms with Gasteiger partial charge < -0.3 is 25.8 Å². The standard InChI is InChI=1S/C35H51ClN4O6S/c1-35(2)20-24(31(42)39-35)19-27(30(41)33(44)37-26-14-15-26)38-32(43)29(18-21-8-4-3-5-9-21)47-40-34(45)46-28-13-7-11-23(28)16-22-10-6-12-25(36)17-22/h6,10,12,17,21,23-24,26-30,41H,3-5,7-9,11,13-16,18-20H2,1-2H3,(H,37,44)(H,38,43)(H,39,42)(H,40,45)/t23?,24?,27?,28?,29-,30?/m0/s1. The van der Waals surface area contributed by atoms with Crippen molar-refractivity contribution in [2.24, 2.45) is 17.8 Å². The predicted molar refractivity (Wildman–Crippen MR) is 183 cm³/mol. The summed E-state index contributed by atoms with van der Waals surface area (Å²) >= 11 is 7.21. The van der Waals surface area contributed by atoms with Gasteiger partial charge in [-0.05, 0) is 107 Å². The number of carbonyl (C=O) groups is 4. The van der Waals surface area contributed by atoms with Crippen molar-refractivity contribution >= 4 is 47.4 Å². The van der Waals surface area contributed by atoms with Gasteiger partial charge in [0, 0.05) is 28.4 Å².